The number of fused-ring (bicyclic) bond motifs is 1. The summed E-state index contributed by atoms with van der Waals surface area (Å²) in [5.74, 6) is 0.769. The average Bonchev–Trinajstić information content (AvgIpc) is 3.29. The molecule has 6 nitrogen and oxygen atoms in total. The molecule has 3 aromatic rings. The minimum absolute atomic E-state index is 0.0609. The molecule has 1 N–H and O–H groups in total. The molecule has 1 amide bonds. The molecule has 0 fully saturated rings. The van der Waals surface area contributed by atoms with Crippen molar-refractivity contribution in [2.24, 2.45) is 0 Å². The number of aryl methyl sites for hydroxylation is 1. The Labute approximate surface area is 162 Å². The van der Waals surface area contributed by atoms with Crippen LogP contribution >= 0.6 is 11.3 Å². The van der Waals surface area contributed by atoms with E-state index in [0.29, 0.717) is 17.2 Å². The number of thiazole rings is 1. The molecule has 0 bridgehead atoms. The Morgan fingerprint density at radius 2 is 2.19 bits per heavy atom. The molecule has 0 saturated carbocycles. The Bertz CT molecular complexity index is 961. The summed E-state index contributed by atoms with van der Waals surface area (Å²) < 4.78 is 0. The zero-order valence-corrected chi connectivity index (χ0v) is 16.6. The second kappa shape index (κ2) is 7.25. The molecule has 0 spiro atoms. The lowest BCUT2D eigenvalue weighted by molar-refractivity contribution is 0.0738. The third-order valence-electron chi connectivity index (χ3n) is 4.76. The molecule has 7 heteroatoms. The number of rotatable bonds is 4. The van der Waals surface area contributed by atoms with Gasteiger partial charge in [0, 0.05) is 32.0 Å². The van der Waals surface area contributed by atoms with Crippen LogP contribution in [0.15, 0.2) is 30.6 Å². The first-order chi connectivity index (χ1) is 13.0. The van der Waals surface area contributed by atoms with E-state index < -0.39 is 0 Å². The summed E-state index contributed by atoms with van der Waals surface area (Å²) in [6.45, 7) is 4.22. The van der Waals surface area contributed by atoms with Crippen LogP contribution in [0, 0.1) is 6.92 Å². The molecule has 0 unspecified atom stereocenters. The number of amides is 1. The number of aromatic amines is 1. The van der Waals surface area contributed by atoms with Gasteiger partial charge in [-0.2, -0.15) is 0 Å². The number of aromatic nitrogens is 3. The van der Waals surface area contributed by atoms with E-state index in [4.69, 9.17) is 0 Å². The summed E-state index contributed by atoms with van der Waals surface area (Å²) in [7, 11) is 4.16. The zero-order valence-electron chi connectivity index (χ0n) is 15.8. The molecular weight excluding hydrogens is 358 g/mol. The first kappa shape index (κ1) is 17.9. The first-order valence-electron chi connectivity index (χ1n) is 9.03. The number of carbonyl (C=O) groups excluding carboxylic acids is 1. The van der Waals surface area contributed by atoms with Gasteiger partial charge < -0.3 is 14.8 Å². The Morgan fingerprint density at radius 1 is 1.33 bits per heavy atom. The Balaban J connectivity index is 1.53. The minimum atomic E-state index is 0.0609. The predicted octanol–water partition coefficient (Wildman–Crippen LogP) is 3.10. The topological polar surface area (TPSA) is 65.1 Å². The lowest BCUT2D eigenvalue weighted by Crippen LogP contribution is -2.36. The van der Waals surface area contributed by atoms with Crippen LogP contribution in [0.2, 0.25) is 0 Å². The third-order valence-corrected chi connectivity index (χ3v) is 5.91. The van der Waals surface area contributed by atoms with E-state index in [1.807, 2.05) is 11.8 Å². The van der Waals surface area contributed by atoms with Gasteiger partial charge in [-0.25, -0.2) is 9.97 Å². The molecular formula is C20H23N5OS. The van der Waals surface area contributed by atoms with Gasteiger partial charge in [0.1, 0.15) is 4.88 Å². The lowest BCUT2D eigenvalue weighted by Gasteiger charge is -2.29. The van der Waals surface area contributed by atoms with Crippen LogP contribution in [0.25, 0.3) is 10.8 Å². The molecule has 4 rings (SSSR count). The fraction of sp³-hybridized carbons (Fsp3) is 0.350. The summed E-state index contributed by atoms with van der Waals surface area (Å²) >= 11 is 1.41. The highest BCUT2D eigenvalue weighted by Gasteiger charge is 2.26. The average molecular weight is 382 g/mol. The second-order valence-electron chi connectivity index (χ2n) is 7.19. The number of hydrogen-bond donors (Lipinski definition) is 1. The summed E-state index contributed by atoms with van der Waals surface area (Å²) in [6.07, 6.45) is 4.35. The van der Waals surface area contributed by atoms with E-state index in [-0.39, 0.29) is 5.91 Å². The normalized spacial score (nSPS) is 13.9. The number of H-pyrrole nitrogens is 1. The lowest BCUT2D eigenvalue weighted by atomic mass is 9.97. The van der Waals surface area contributed by atoms with Crippen molar-refractivity contribution in [1.29, 1.82) is 0 Å². The molecule has 0 atom stereocenters. The smallest absolute Gasteiger partial charge is 0.266 e. The van der Waals surface area contributed by atoms with Crippen molar-refractivity contribution in [3.05, 3.63) is 57.9 Å². The Morgan fingerprint density at radius 3 is 2.93 bits per heavy atom. The molecule has 2 aromatic heterocycles. The first-order valence-corrected chi connectivity index (χ1v) is 9.85. The van der Waals surface area contributed by atoms with Crippen LogP contribution in [0.4, 0.5) is 0 Å². The van der Waals surface area contributed by atoms with E-state index in [9.17, 15) is 4.79 Å². The maximum absolute atomic E-state index is 13.1. The maximum Gasteiger partial charge on any atom is 0.266 e. The third kappa shape index (κ3) is 3.65. The second-order valence-corrected chi connectivity index (χ2v) is 8.19. The summed E-state index contributed by atoms with van der Waals surface area (Å²) in [4.78, 5) is 29.7. The SMILES string of the molecule is Cc1nc(-c2ncc[nH]2)sc1C(=O)N1CCc2cc(CN(C)C)ccc2C1. The van der Waals surface area contributed by atoms with Crippen LogP contribution in [0.1, 0.15) is 32.1 Å². The quantitative estimate of drug-likeness (QED) is 0.754. The molecule has 1 aromatic carbocycles. The van der Waals surface area contributed by atoms with Gasteiger partial charge in [0.2, 0.25) is 0 Å². The van der Waals surface area contributed by atoms with Crippen molar-refractivity contribution in [3.63, 3.8) is 0 Å². The zero-order chi connectivity index (χ0) is 19.0. The molecule has 0 saturated heterocycles. The highest BCUT2D eigenvalue weighted by Crippen LogP contribution is 2.29. The molecule has 140 valence electrons. The molecule has 27 heavy (non-hydrogen) atoms. The number of benzene rings is 1. The van der Waals surface area contributed by atoms with E-state index in [0.717, 1.165) is 30.2 Å². The van der Waals surface area contributed by atoms with Gasteiger partial charge in [-0.15, -0.1) is 11.3 Å². The molecule has 1 aliphatic rings. The van der Waals surface area contributed by atoms with Gasteiger partial charge >= 0.3 is 0 Å². The fourth-order valence-electron chi connectivity index (χ4n) is 3.47. The van der Waals surface area contributed by atoms with Crippen molar-refractivity contribution in [1.82, 2.24) is 24.8 Å². The van der Waals surface area contributed by atoms with Crippen molar-refractivity contribution in [3.8, 4) is 10.8 Å². The Hall–Kier alpha value is -2.51. The largest absolute Gasteiger partial charge is 0.343 e. The number of carbonyl (C=O) groups is 1. The number of nitrogens with one attached hydrogen (secondary N) is 1. The van der Waals surface area contributed by atoms with E-state index in [1.54, 1.807) is 12.4 Å². The van der Waals surface area contributed by atoms with E-state index in [1.165, 1.54) is 28.0 Å². The fourth-order valence-corrected chi connectivity index (χ4v) is 4.46. The van der Waals surface area contributed by atoms with Gasteiger partial charge in [-0.1, -0.05) is 18.2 Å². The van der Waals surface area contributed by atoms with E-state index >= 15 is 0 Å². The molecule has 0 aliphatic carbocycles. The highest BCUT2D eigenvalue weighted by molar-refractivity contribution is 7.17. The summed E-state index contributed by atoms with van der Waals surface area (Å²) in [5, 5.41) is 0.756. The van der Waals surface area contributed by atoms with Crippen molar-refractivity contribution in [2.75, 3.05) is 20.6 Å². The monoisotopic (exact) mass is 381 g/mol. The van der Waals surface area contributed by atoms with Gasteiger partial charge in [0.15, 0.2) is 10.8 Å². The van der Waals surface area contributed by atoms with Crippen molar-refractivity contribution < 1.29 is 4.79 Å². The van der Waals surface area contributed by atoms with Crippen LogP contribution in [0.3, 0.4) is 0 Å². The maximum atomic E-state index is 13.1. The predicted molar refractivity (Wildman–Crippen MR) is 107 cm³/mol. The number of nitrogens with zero attached hydrogens (tertiary/aromatic N) is 4. The number of hydrogen-bond acceptors (Lipinski definition) is 5. The standard InChI is InChI=1S/C20H23N5OS/c1-13-17(27-19(23-13)18-21-7-8-22-18)20(26)25-9-6-15-10-14(11-24(2)3)4-5-16(15)12-25/h4-5,7-8,10H,6,9,11-12H2,1-3H3,(H,21,22). The Kier molecular flexibility index (Phi) is 4.80. The van der Waals surface area contributed by atoms with Crippen LogP contribution in [-0.2, 0) is 19.5 Å². The van der Waals surface area contributed by atoms with Crippen molar-refractivity contribution >= 4 is 17.2 Å². The van der Waals surface area contributed by atoms with E-state index in [2.05, 4.69) is 52.1 Å². The summed E-state index contributed by atoms with van der Waals surface area (Å²) in [6, 6.07) is 6.62. The highest BCUT2D eigenvalue weighted by atomic mass is 32.1. The van der Waals surface area contributed by atoms with Crippen LogP contribution in [-0.4, -0.2) is 51.3 Å². The van der Waals surface area contributed by atoms with Crippen molar-refractivity contribution in [2.45, 2.75) is 26.4 Å². The summed E-state index contributed by atoms with van der Waals surface area (Å²) in [5.41, 5.74) is 4.68. The molecule has 0 radical (unpaired) electrons. The number of imidazole rings is 1. The molecule has 3 heterocycles. The molecule has 1 aliphatic heterocycles. The van der Waals surface area contributed by atoms with Gasteiger partial charge in [-0.05, 0) is 44.1 Å². The van der Waals surface area contributed by atoms with Gasteiger partial charge in [-0.3, -0.25) is 4.79 Å². The minimum Gasteiger partial charge on any atom is -0.343 e. The van der Waals surface area contributed by atoms with Crippen LogP contribution in [0.5, 0.6) is 0 Å². The van der Waals surface area contributed by atoms with Gasteiger partial charge in [0.25, 0.3) is 5.91 Å². The van der Waals surface area contributed by atoms with Gasteiger partial charge in [0.05, 0.1) is 5.69 Å². The van der Waals surface area contributed by atoms with Crippen LogP contribution < -0.4 is 0 Å².